The first-order valence-corrected chi connectivity index (χ1v) is 6.97. The molecule has 0 fully saturated rings. The van der Waals surface area contributed by atoms with Crippen LogP contribution >= 0.6 is 12.2 Å². The van der Waals surface area contributed by atoms with Crippen molar-refractivity contribution < 1.29 is 9.90 Å². The number of hydrogen-bond donors (Lipinski definition) is 3. The van der Waals surface area contributed by atoms with E-state index in [1.54, 1.807) is 12.1 Å². The van der Waals surface area contributed by atoms with E-state index in [1.807, 2.05) is 30.3 Å². The van der Waals surface area contributed by atoms with E-state index in [9.17, 15) is 9.90 Å². The number of aromatic hydroxyl groups is 1. The fourth-order valence-electron chi connectivity index (χ4n) is 1.66. The molecule has 0 aliphatic heterocycles. The van der Waals surface area contributed by atoms with Crippen molar-refractivity contribution in [3.05, 3.63) is 54.6 Å². The predicted octanol–water partition coefficient (Wildman–Crippen LogP) is 3.19. The summed E-state index contributed by atoms with van der Waals surface area (Å²) in [6, 6.07) is 15.6. The van der Waals surface area contributed by atoms with E-state index >= 15 is 0 Å². The molecule has 2 aromatic rings. The maximum Gasteiger partial charge on any atom is 0.182 e. The summed E-state index contributed by atoms with van der Waals surface area (Å²) in [6.45, 7) is 1.40. The Kier molecular flexibility index (Phi) is 5.21. The summed E-state index contributed by atoms with van der Waals surface area (Å²) in [6.07, 6.45) is 0. The van der Waals surface area contributed by atoms with E-state index in [4.69, 9.17) is 12.2 Å². The minimum absolute atomic E-state index is 0.131. The van der Waals surface area contributed by atoms with E-state index in [-0.39, 0.29) is 22.2 Å². The molecule has 0 amide bonds. The molecule has 6 heteroatoms. The number of carbonyl (C=O) groups is 1. The van der Waals surface area contributed by atoms with Crippen molar-refractivity contribution in [2.45, 2.75) is 6.92 Å². The largest absolute Gasteiger partial charge is 0.508 e. The summed E-state index contributed by atoms with van der Waals surface area (Å²) in [5.74, 6) is -0.0951. The molecular weight excluding hydrogens is 298 g/mol. The van der Waals surface area contributed by atoms with Crippen molar-refractivity contribution in [3.63, 3.8) is 0 Å². The number of phenolic OH excluding ortho intramolecular Hbond substituents is 1. The lowest BCUT2D eigenvalue weighted by molar-refractivity contribution is -0.110. The lowest BCUT2D eigenvalue weighted by Gasteiger charge is -2.09. The van der Waals surface area contributed by atoms with Gasteiger partial charge in [0.05, 0.1) is 5.69 Å². The van der Waals surface area contributed by atoms with Crippen molar-refractivity contribution in [1.29, 1.82) is 0 Å². The lowest BCUT2D eigenvalue weighted by Crippen LogP contribution is -2.27. The lowest BCUT2D eigenvalue weighted by atomic mass is 10.2. The van der Waals surface area contributed by atoms with Gasteiger partial charge < -0.3 is 10.4 Å². The topological polar surface area (TPSA) is 73.7 Å². The van der Waals surface area contributed by atoms with Crippen molar-refractivity contribution >= 4 is 40.1 Å². The molecule has 0 aliphatic carbocycles. The highest BCUT2D eigenvalue weighted by Crippen LogP contribution is 2.13. The smallest absolute Gasteiger partial charge is 0.182 e. The third kappa shape index (κ3) is 4.39. The molecule has 0 spiro atoms. The summed E-state index contributed by atoms with van der Waals surface area (Å²) in [4.78, 5) is 12.0. The second-order valence-electron chi connectivity index (χ2n) is 4.50. The Morgan fingerprint density at radius 3 is 2.27 bits per heavy atom. The molecule has 0 aliphatic rings. The van der Waals surface area contributed by atoms with Crippen LogP contribution in [0.2, 0.25) is 0 Å². The Labute approximate surface area is 133 Å². The molecular formula is C16H15N3O2S. The van der Waals surface area contributed by atoms with Gasteiger partial charge in [-0.05, 0) is 36.4 Å². The molecule has 2 rings (SSSR count). The van der Waals surface area contributed by atoms with Gasteiger partial charge in [-0.2, -0.15) is 5.10 Å². The Morgan fingerprint density at radius 1 is 1.05 bits per heavy atom. The maximum atomic E-state index is 11.7. The summed E-state index contributed by atoms with van der Waals surface area (Å²) in [7, 11) is 0. The molecule has 0 radical (unpaired) electrons. The van der Waals surface area contributed by atoms with Gasteiger partial charge in [-0.25, -0.2) is 0 Å². The number of hydrogen-bond acceptors (Lipinski definition) is 5. The average molecular weight is 313 g/mol. The van der Waals surface area contributed by atoms with Crippen LogP contribution in [0.1, 0.15) is 6.92 Å². The number of Topliss-reactive ketones (excluding diaryl/α,β-unsaturated/α-hetero) is 1. The van der Waals surface area contributed by atoms with Crippen LogP contribution in [-0.2, 0) is 4.79 Å². The summed E-state index contributed by atoms with van der Waals surface area (Å²) < 4.78 is 0. The monoisotopic (exact) mass is 313 g/mol. The van der Waals surface area contributed by atoms with E-state index in [0.717, 1.165) is 5.69 Å². The molecule has 0 atom stereocenters. The SMILES string of the molecule is CC(=O)/C(=N/Nc1ccc(O)cc1)C(=S)Nc1ccccc1. The standard InChI is InChI=1S/C16H15N3O2S/c1-11(20)15(16(22)17-12-5-3-2-4-6-12)19-18-13-7-9-14(21)10-8-13/h2-10,18,21H,1H3,(H,17,22)/b19-15-. The Bertz CT molecular complexity index is 697. The number of anilines is 2. The van der Waals surface area contributed by atoms with Gasteiger partial charge in [0, 0.05) is 12.6 Å². The molecule has 0 bridgehead atoms. The molecule has 0 saturated carbocycles. The van der Waals surface area contributed by atoms with Crippen LogP contribution in [0.15, 0.2) is 59.7 Å². The van der Waals surface area contributed by atoms with E-state index < -0.39 is 0 Å². The average Bonchev–Trinajstić information content (AvgIpc) is 2.50. The predicted molar refractivity (Wildman–Crippen MR) is 92.5 cm³/mol. The van der Waals surface area contributed by atoms with E-state index in [2.05, 4.69) is 15.8 Å². The minimum Gasteiger partial charge on any atom is -0.508 e. The highest BCUT2D eigenvalue weighted by atomic mass is 32.1. The van der Waals surface area contributed by atoms with Gasteiger partial charge in [0.2, 0.25) is 0 Å². The third-order valence-electron chi connectivity index (χ3n) is 2.74. The highest BCUT2D eigenvalue weighted by molar-refractivity contribution is 7.82. The molecule has 5 nitrogen and oxygen atoms in total. The number of thiocarbonyl (C=S) groups is 1. The van der Waals surface area contributed by atoms with Crippen LogP contribution in [0.3, 0.4) is 0 Å². The molecule has 2 aromatic carbocycles. The minimum atomic E-state index is -0.250. The number of ketones is 1. The van der Waals surface area contributed by atoms with Gasteiger partial charge in [0.25, 0.3) is 0 Å². The molecule has 3 N–H and O–H groups in total. The number of hydrazone groups is 1. The number of rotatable bonds is 5. The first-order valence-electron chi connectivity index (χ1n) is 6.56. The zero-order valence-corrected chi connectivity index (χ0v) is 12.7. The van der Waals surface area contributed by atoms with Crippen LogP contribution in [-0.4, -0.2) is 21.6 Å². The maximum absolute atomic E-state index is 11.7. The molecule has 112 valence electrons. The summed E-state index contributed by atoms with van der Waals surface area (Å²) in [5, 5.41) is 16.2. The van der Waals surface area contributed by atoms with Crippen molar-refractivity contribution in [2.75, 3.05) is 10.7 Å². The van der Waals surface area contributed by atoms with Crippen LogP contribution in [0, 0.1) is 0 Å². The normalized spacial score (nSPS) is 10.9. The summed E-state index contributed by atoms with van der Waals surface area (Å²) >= 11 is 5.23. The van der Waals surface area contributed by atoms with Crippen LogP contribution < -0.4 is 10.7 Å². The van der Waals surface area contributed by atoms with Gasteiger partial charge >= 0.3 is 0 Å². The zero-order valence-electron chi connectivity index (χ0n) is 11.9. The van der Waals surface area contributed by atoms with Gasteiger partial charge in [-0.1, -0.05) is 30.4 Å². The fraction of sp³-hybridized carbons (Fsp3) is 0.0625. The van der Waals surface area contributed by atoms with Crippen LogP contribution in [0.25, 0.3) is 0 Å². The zero-order chi connectivity index (χ0) is 15.9. The molecule has 0 heterocycles. The van der Waals surface area contributed by atoms with Gasteiger partial charge in [-0.3, -0.25) is 10.2 Å². The molecule has 0 unspecified atom stereocenters. The van der Waals surface area contributed by atoms with Crippen molar-refractivity contribution in [2.24, 2.45) is 5.10 Å². The van der Waals surface area contributed by atoms with Crippen molar-refractivity contribution in [3.8, 4) is 5.75 Å². The van der Waals surface area contributed by atoms with Crippen LogP contribution in [0.5, 0.6) is 5.75 Å². The number of para-hydroxylation sites is 1. The number of nitrogens with one attached hydrogen (secondary N) is 2. The number of nitrogens with zero attached hydrogens (tertiary/aromatic N) is 1. The second-order valence-corrected chi connectivity index (χ2v) is 4.90. The quantitative estimate of drug-likeness (QED) is 0.342. The molecule has 0 aromatic heterocycles. The summed E-state index contributed by atoms with van der Waals surface area (Å²) in [5.41, 5.74) is 4.30. The van der Waals surface area contributed by atoms with Gasteiger partial charge in [0.15, 0.2) is 11.5 Å². The second kappa shape index (κ2) is 7.33. The van der Waals surface area contributed by atoms with E-state index in [0.29, 0.717) is 5.69 Å². The first kappa shape index (κ1) is 15.7. The van der Waals surface area contributed by atoms with E-state index in [1.165, 1.54) is 19.1 Å². The Balaban J connectivity index is 2.11. The van der Waals surface area contributed by atoms with Gasteiger partial charge in [-0.15, -0.1) is 0 Å². The van der Waals surface area contributed by atoms with Crippen LogP contribution in [0.4, 0.5) is 11.4 Å². The first-order chi connectivity index (χ1) is 10.6. The number of carbonyl (C=O) groups excluding carboxylic acids is 1. The Morgan fingerprint density at radius 2 is 1.68 bits per heavy atom. The third-order valence-corrected chi connectivity index (χ3v) is 3.04. The number of phenols is 1. The molecule has 0 saturated heterocycles. The molecule has 22 heavy (non-hydrogen) atoms. The Hall–Kier alpha value is -2.73. The van der Waals surface area contributed by atoms with Crippen molar-refractivity contribution in [1.82, 2.24) is 0 Å². The van der Waals surface area contributed by atoms with Gasteiger partial charge in [0.1, 0.15) is 10.7 Å². The number of benzene rings is 2. The highest BCUT2D eigenvalue weighted by Gasteiger charge is 2.13. The fourth-order valence-corrected chi connectivity index (χ4v) is 1.96.